The number of rotatable bonds is 9. The normalized spacial score (nSPS) is 18.2. The number of nitrogens with zero attached hydrogens (tertiary/aromatic N) is 3. The number of imidazole rings is 1. The molecule has 1 amide bonds. The zero-order valence-electron chi connectivity index (χ0n) is 20.2. The van der Waals surface area contributed by atoms with Gasteiger partial charge in [0.05, 0.1) is 17.9 Å². The van der Waals surface area contributed by atoms with Crippen molar-refractivity contribution in [1.29, 1.82) is 0 Å². The first-order chi connectivity index (χ1) is 18.1. The monoisotopic (exact) mass is 501 g/mol. The number of hydrogen-bond acceptors (Lipinski definition) is 7. The van der Waals surface area contributed by atoms with Crippen LogP contribution < -0.4 is 14.2 Å². The van der Waals surface area contributed by atoms with E-state index in [9.17, 15) is 14.7 Å². The SMILES string of the molecule is C=CCOc1ccc(C2/C(=C(\O)c3ccc4c(c3)OCCO4)C(=O)C(=O)N2CCCn2ccnc2)cc1. The summed E-state index contributed by atoms with van der Waals surface area (Å²) in [6, 6.07) is 11.3. The number of likely N-dealkylation sites (tertiary alicyclic amines) is 1. The number of ketones is 1. The lowest BCUT2D eigenvalue weighted by Gasteiger charge is -2.26. The third-order valence-corrected chi connectivity index (χ3v) is 6.29. The Morgan fingerprint density at radius 1 is 1.11 bits per heavy atom. The molecule has 1 atom stereocenters. The molecule has 2 aromatic carbocycles. The molecule has 1 aromatic heterocycles. The van der Waals surface area contributed by atoms with Gasteiger partial charge in [0.25, 0.3) is 11.7 Å². The number of aromatic nitrogens is 2. The number of fused-ring (bicyclic) bond motifs is 1. The van der Waals surface area contributed by atoms with Crippen LogP contribution >= 0.6 is 0 Å². The summed E-state index contributed by atoms with van der Waals surface area (Å²) < 4.78 is 18.7. The van der Waals surface area contributed by atoms with Gasteiger partial charge in [0.1, 0.15) is 31.3 Å². The van der Waals surface area contributed by atoms with Gasteiger partial charge in [-0.05, 0) is 42.3 Å². The second-order valence-electron chi connectivity index (χ2n) is 8.67. The number of aryl methyl sites for hydroxylation is 1. The van der Waals surface area contributed by atoms with E-state index in [4.69, 9.17) is 14.2 Å². The van der Waals surface area contributed by atoms with Crippen molar-refractivity contribution in [3.63, 3.8) is 0 Å². The van der Waals surface area contributed by atoms with E-state index in [-0.39, 0.29) is 11.3 Å². The van der Waals surface area contributed by atoms with Crippen LogP contribution in [0.25, 0.3) is 5.76 Å². The van der Waals surface area contributed by atoms with Crippen molar-refractivity contribution >= 4 is 17.4 Å². The maximum atomic E-state index is 13.3. The van der Waals surface area contributed by atoms with Crippen LogP contribution in [0.4, 0.5) is 0 Å². The zero-order valence-corrected chi connectivity index (χ0v) is 20.2. The number of hydrogen-bond donors (Lipinski definition) is 1. The van der Waals surface area contributed by atoms with Crippen molar-refractivity contribution < 1.29 is 28.9 Å². The fourth-order valence-electron chi connectivity index (χ4n) is 4.55. The van der Waals surface area contributed by atoms with Gasteiger partial charge in [-0.15, -0.1) is 0 Å². The Morgan fingerprint density at radius 3 is 2.62 bits per heavy atom. The first kappa shape index (κ1) is 24.2. The standard InChI is InChI=1S/C28H27N3O6/c1-2-14-35-21-7-4-19(5-8-21)25-24(26(32)20-6-9-22-23(17-20)37-16-15-36-22)27(33)28(34)31(25)12-3-11-30-13-10-29-18-30/h2,4-10,13,17-18,25,32H,1,3,11-12,14-16H2/b26-24+. The summed E-state index contributed by atoms with van der Waals surface area (Å²) in [5.41, 5.74) is 1.09. The second-order valence-corrected chi connectivity index (χ2v) is 8.67. The highest BCUT2D eigenvalue weighted by molar-refractivity contribution is 6.46. The highest BCUT2D eigenvalue weighted by Gasteiger charge is 2.45. The summed E-state index contributed by atoms with van der Waals surface area (Å²) >= 11 is 0. The van der Waals surface area contributed by atoms with Gasteiger partial charge in [-0.25, -0.2) is 4.98 Å². The van der Waals surface area contributed by atoms with Crippen molar-refractivity contribution in [2.45, 2.75) is 19.0 Å². The van der Waals surface area contributed by atoms with Crippen LogP contribution in [0.1, 0.15) is 23.6 Å². The lowest BCUT2D eigenvalue weighted by molar-refractivity contribution is -0.139. The fourth-order valence-corrected chi connectivity index (χ4v) is 4.55. The molecule has 1 fully saturated rings. The Kier molecular flexibility index (Phi) is 6.93. The highest BCUT2D eigenvalue weighted by Crippen LogP contribution is 2.41. The summed E-state index contributed by atoms with van der Waals surface area (Å²) in [6.45, 7) is 5.79. The van der Waals surface area contributed by atoms with Crippen molar-refractivity contribution in [3.8, 4) is 17.2 Å². The minimum atomic E-state index is -0.760. The van der Waals surface area contributed by atoms with E-state index in [2.05, 4.69) is 11.6 Å². The second kappa shape index (κ2) is 10.6. The first-order valence-corrected chi connectivity index (χ1v) is 12.0. The van der Waals surface area contributed by atoms with Crippen molar-refractivity contribution in [3.05, 3.63) is 90.5 Å². The van der Waals surface area contributed by atoms with E-state index in [0.29, 0.717) is 67.7 Å². The topological polar surface area (TPSA) is 103 Å². The van der Waals surface area contributed by atoms with Crippen molar-refractivity contribution in [2.75, 3.05) is 26.4 Å². The Morgan fingerprint density at radius 2 is 1.89 bits per heavy atom. The van der Waals surface area contributed by atoms with Crippen LogP contribution in [0.15, 0.2) is 79.4 Å². The predicted molar refractivity (Wildman–Crippen MR) is 135 cm³/mol. The Hall–Kier alpha value is -4.53. The molecule has 0 saturated carbocycles. The average molecular weight is 502 g/mol. The van der Waals surface area contributed by atoms with Crippen molar-refractivity contribution in [1.82, 2.24) is 14.5 Å². The summed E-state index contributed by atoms with van der Waals surface area (Å²) in [5.74, 6) is 0.0326. The van der Waals surface area contributed by atoms with E-state index >= 15 is 0 Å². The third-order valence-electron chi connectivity index (χ3n) is 6.29. The van der Waals surface area contributed by atoms with E-state index in [1.165, 1.54) is 4.90 Å². The van der Waals surface area contributed by atoms with Crippen LogP contribution in [-0.2, 0) is 16.1 Å². The molecule has 5 rings (SSSR count). The number of ether oxygens (including phenoxy) is 3. The van der Waals surface area contributed by atoms with E-state index in [1.807, 2.05) is 10.8 Å². The van der Waals surface area contributed by atoms with E-state index in [1.54, 1.807) is 61.1 Å². The van der Waals surface area contributed by atoms with E-state index in [0.717, 1.165) is 0 Å². The Labute approximate surface area is 214 Å². The molecule has 9 heteroatoms. The molecule has 2 aliphatic rings. The molecule has 2 aliphatic heterocycles. The summed E-state index contributed by atoms with van der Waals surface area (Å²) in [6.07, 6.45) is 7.49. The molecule has 0 spiro atoms. The third kappa shape index (κ3) is 4.93. The van der Waals surface area contributed by atoms with Gasteiger partial charge in [-0.3, -0.25) is 9.59 Å². The smallest absolute Gasteiger partial charge is 0.295 e. The summed E-state index contributed by atoms with van der Waals surface area (Å²) in [5, 5.41) is 11.3. The minimum absolute atomic E-state index is 0.0315. The molecule has 190 valence electrons. The lowest BCUT2D eigenvalue weighted by atomic mass is 9.95. The number of carbonyl (C=O) groups excluding carboxylic acids is 2. The molecule has 1 unspecified atom stereocenters. The highest BCUT2D eigenvalue weighted by atomic mass is 16.6. The van der Waals surface area contributed by atoms with Gasteiger partial charge >= 0.3 is 0 Å². The van der Waals surface area contributed by atoms with Gasteiger partial charge in [0.2, 0.25) is 0 Å². The van der Waals surface area contributed by atoms with Crippen LogP contribution in [0.3, 0.4) is 0 Å². The maximum Gasteiger partial charge on any atom is 0.295 e. The number of amides is 1. The van der Waals surface area contributed by atoms with Gasteiger partial charge in [0, 0.05) is 31.0 Å². The molecule has 37 heavy (non-hydrogen) atoms. The minimum Gasteiger partial charge on any atom is -0.507 e. The molecule has 1 N–H and O–H groups in total. The van der Waals surface area contributed by atoms with Gasteiger partial charge < -0.3 is 28.8 Å². The first-order valence-electron chi connectivity index (χ1n) is 12.0. The fraction of sp³-hybridized carbons (Fsp3) is 0.250. The maximum absolute atomic E-state index is 13.3. The predicted octanol–water partition coefficient (Wildman–Crippen LogP) is 3.73. The van der Waals surface area contributed by atoms with Crippen LogP contribution in [0.2, 0.25) is 0 Å². The molecule has 0 aliphatic carbocycles. The number of aliphatic hydroxyl groups excluding tert-OH is 1. The molecule has 1 saturated heterocycles. The van der Waals surface area contributed by atoms with E-state index < -0.39 is 17.7 Å². The van der Waals surface area contributed by atoms with Gasteiger partial charge in [-0.2, -0.15) is 0 Å². The number of Topliss-reactive ketones (excluding diaryl/α,β-unsaturated/α-hetero) is 1. The average Bonchev–Trinajstić information content (AvgIpc) is 3.54. The summed E-state index contributed by atoms with van der Waals surface area (Å²) in [7, 11) is 0. The zero-order chi connectivity index (χ0) is 25.8. The number of aliphatic hydroxyl groups is 1. The van der Waals surface area contributed by atoms with Crippen LogP contribution in [-0.4, -0.2) is 57.6 Å². The van der Waals surface area contributed by atoms with Crippen LogP contribution in [0, 0.1) is 0 Å². The Bertz CT molecular complexity index is 1330. The molecule has 3 heterocycles. The van der Waals surface area contributed by atoms with Gasteiger partial charge in [0.15, 0.2) is 11.5 Å². The molecule has 3 aromatic rings. The summed E-state index contributed by atoms with van der Waals surface area (Å²) in [4.78, 5) is 32.0. The number of benzene rings is 2. The molecule has 0 radical (unpaired) electrons. The van der Waals surface area contributed by atoms with Crippen molar-refractivity contribution in [2.24, 2.45) is 0 Å². The number of carbonyl (C=O) groups is 2. The molecular formula is C28H27N3O6. The van der Waals surface area contributed by atoms with Crippen LogP contribution in [0.5, 0.6) is 17.2 Å². The van der Waals surface area contributed by atoms with Gasteiger partial charge in [-0.1, -0.05) is 24.8 Å². The largest absolute Gasteiger partial charge is 0.507 e. The lowest BCUT2D eigenvalue weighted by Crippen LogP contribution is -2.31. The molecular weight excluding hydrogens is 474 g/mol. The molecule has 9 nitrogen and oxygen atoms in total. The quantitative estimate of drug-likeness (QED) is 0.206. The Balaban J connectivity index is 1.51. The molecule has 0 bridgehead atoms.